The highest BCUT2D eigenvalue weighted by Gasteiger charge is 2.16. The van der Waals surface area contributed by atoms with Crippen molar-refractivity contribution in [2.24, 2.45) is 0 Å². The molecule has 0 aliphatic heterocycles. The van der Waals surface area contributed by atoms with E-state index >= 15 is 0 Å². The van der Waals surface area contributed by atoms with Crippen LogP contribution in [0, 0.1) is 5.41 Å². The van der Waals surface area contributed by atoms with Crippen LogP contribution < -0.4 is 9.47 Å². The fraction of sp³-hybridized carbons (Fsp3) is 0.172. The van der Waals surface area contributed by atoms with E-state index in [1.54, 1.807) is 51.4 Å². The molecule has 198 valence electrons. The zero-order valence-corrected chi connectivity index (χ0v) is 22.8. The number of carbonyl (C=O) groups excluding carboxylic acids is 1. The first-order valence-corrected chi connectivity index (χ1v) is 13.0. The number of ether oxygens (including phenoxy) is 2. The number of carbonyl (C=O) groups is 1. The largest absolute Gasteiger partial charge is 0.496 e. The van der Waals surface area contributed by atoms with Crippen molar-refractivity contribution in [1.29, 1.82) is 5.41 Å². The van der Waals surface area contributed by atoms with Crippen LogP contribution in [-0.4, -0.2) is 52.7 Å². The molecule has 3 heterocycles. The van der Waals surface area contributed by atoms with Gasteiger partial charge in [0.25, 0.3) is 5.91 Å². The van der Waals surface area contributed by atoms with E-state index in [-0.39, 0.29) is 12.5 Å². The normalized spacial score (nSPS) is 11.3. The van der Waals surface area contributed by atoms with E-state index in [9.17, 15) is 4.79 Å². The Morgan fingerprint density at radius 1 is 1.21 bits per heavy atom. The number of imidazole rings is 1. The number of aromatic amines is 1. The zero-order chi connectivity index (χ0) is 27.5. The molecule has 0 saturated carbocycles. The van der Waals surface area contributed by atoms with Crippen LogP contribution in [0.5, 0.6) is 11.5 Å². The molecule has 0 radical (unpaired) electrons. The van der Waals surface area contributed by atoms with Crippen molar-refractivity contribution < 1.29 is 18.7 Å². The van der Waals surface area contributed by atoms with Crippen LogP contribution in [0.25, 0.3) is 39.1 Å². The van der Waals surface area contributed by atoms with Crippen LogP contribution in [0.4, 0.5) is 0 Å². The summed E-state index contributed by atoms with van der Waals surface area (Å²) in [6.45, 7) is 1.96. The summed E-state index contributed by atoms with van der Waals surface area (Å²) in [5.41, 5.74) is 4.12. The number of allylic oxidation sites excluding steroid dienone is 1. The summed E-state index contributed by atoms with van der Waals surface area (Å²) < 4.78 is 17.7. The van der Waals surface area contributed by atoms with Gasteiger partial charge in [-0.2, -0.15) is 0 Å². The molecule has 39 heavy (non-hydrogen) atoms. The van der Waals surface area contributed by atoms with Crippen LogP contribution in [0.1, 0.15) is 28.8 Å². The van der Waals surface area contributed by atoms with Gasteiger partial charge in [0.05, 0.1) is 24.4 Å². The minimum absolute atomic E-state index is 0.0375. The van der Waals surface area contributed by atoms with Crippen molar-refractivity contribution >= 4 is 40.0 Å². The van der Waals surface area contributed by atoms with E-state index in [0.717, 1.165) is 21.7 Å². The molecule has 5 rings (SSSR count). The Hall–Kier alpha value is -4.70. The molecule has 10 heteroatoms. The number of hydrogen-bond acceptors (Lipinski definition) is 8. The topological polar surface area (TPSA) is 117 Å². The second kappa shape index (κ2) is 11.0. The van der Waals surface area contributed by atoms with E-state index in [0.29, 0.717) is 45.6 Å². The maximum absolute atomic E-state index is 12.2. The van der Waals surface area contributed by atoms with Crippen molar-refractivity contribution in [1.82, 2.24) is 19.9 Å². The molecule has 9 nitrogen and oxygen atoms in total. The summed E-state index contributed by atoms with van der Waals surface area (Å²) in [5.74, 6) is 2.42. The van der Waals surface area contributed by atoms with Gasteiger partial charge >= 0.3 is 0 Å². The third-order valence-corrected chi connectivity index (χ3v) is 6.81. The molecule has 0 unspecified atom stereocenters. The monoisotopic (exact) mass is 541 g/mol. The van der Waals surface area contributed by atoms with Crippen LogP contribution >= 0.6 is 11.3 Å². The summed E-state index contributed by atoms with van der Waals surface area (Å²) >= 11 is 1.52. The Kier molecular flexibility index (Phi) is 7.29. The number of fused-ring (bicyclic) bond motifs is 1. The second-order valence-corrected chi connectivity index (χ2v) is 9.91. The zero-order valence-electron chi connectivity index (χ0n) is 21.9. The number of nitrogens with zero attached hydrogens (tertiary/aromatic N) is 3. The van der Waals surface area contributed by atoms with Gasteiger partial charge in [-0.1, -0.05) is 12.1 Å². The fourth-order valence-electron chi connectivity index (χ4n) is 3.87. The predicted octanol–water partition coefficient (Wildman–Crippen LogP) is 6.29. The molecule has 2 N–H and O–H groups in total. The Morgan fingerprint density at radius 3 is 2.72 bits per heavy atom. The highest BCUT2D eigenvalue weighted by atomic mass is 32.1. The third-order valence-electron chi connectivity index (χ3n) is 5.87. The van der Waals surface area contributed by atoms with Gasteiger partial charge in [-0.15, -0.1) is 11.3 Å². The van der Waals surface area contributed by atoms with E-state index in [1.807, 2.05) is 47.8 Å². The Morgan fingerprint density at radius 2 is 2.00 bits per heavy atom. The van der Waals surface area contributed by atoms with Gasteiger partial charge in [0.2, 0.25) is 0 Å². The SMILES string of the molecule is COc1cc(OCc2csc(-c3ccc(C(=O)N(C)C)cc3)n2)c2cc(-c3cnc(/C=C\C(C)=N)[nH]3)oc2c1. The summed E-state index contributed by atoms with van der Waals surface area (Å²) in [4.78, 5) is 26.0. The average Bonchev–Trinajstić information content (AvgIpc) is 3.69. The molecule has 5 aromatic rings. The first-order chi connectivity index (χ1) is 18.8. The third kappa shape index (κ3) is 5.75. The van der Waals surface area contributed by atoms with Gasteiger partial charge in [-0.3, -0.25) is 4.79 Å². The second-order valence-electron chi connectivity index (χ2n) is 9.06. The van der Waals surface area contributed by atoms with Crippen LogP contribution in [-0.2, 0) is 6.61 Å². The number of benzene rings is 2. The highest BCUT2D eigenvalue weighted by Crippen LogP contribution is 2.37. The molecule has 0 aliphatic rings. The van der Waals surface area contributed by atoms with Crippen molar-refractivity contribution in [3.63, 3.8) is 0 Å². The maximum Gasteiger partial charge on any atom is 0.253 e. The lowest BCUT2D eigenvalue weighted by Gasteiger charge is -2.10. The fourth-order valence-corrected chi connectivity index (χ4v) is 4.68. The Bertz CT molecular complexity index is 1680. The molecule has 0 spiro atoms. The Labute approximate surface area is 229 Å². The number of H-pyrrole nitrogens is 1. The van der Waals surface area contributed by atoms with Crippen molar-refractivity contribution in [3.05, 3.63) is 77.2 Å². The van der Waals surface area contributed by atoms with E-state index in [4.69, 9.17) is 24.3 Å². The van der Waals surface area contributed by atoms with Gasteiger partial charge in [0.1, 0.15) is 40.2 Å². The number of methoxy groups -OCH3 is 1. The lowest BCUT2D eigenvalue weighted by Crippen LogP contribution is -2.21. The van der Waals surface area contributed by atoms with Crippen molar-refractivity contribution in [2.75, 3.05) is 21.2 Å². The summed E-state index contributed by atoms with van der Waals surface area (Å²) in [7, 11) is 5.06. The highest BCUT2D eigenvalue weighted by molar-refractivity contribution is 7.13. The van der Waals surface area contributed by atoms with Gasteiger partial charge in [0, 0.05) is 48.4 Å². The molecular formula is C29H27N5O4S. The van der Waals surface area contributed by atoms with Crippen LogP contribution in [0.3, 0.4) is 0 Å². The predicted molar refractivity (Wildman–Crippen MR) is 153 cm³/mol. The van der Waals surface area contributed by atoms with Gasteiger partial charge in [0.15, 0.2) is 5.76 Å². The molecule has 0 saturated heterocycles. The van der Waals surface area contributed by atoms with Crippen molar-refractivity contribution in [2.45, 2.75) is 13.5 Å². The lowest BCUT2D eigenvalue weighted by atomic mass is 10.1. The molecule has 1 amide bonds. The summed E-state index contributed by atoms with van der Waals surface area (Å²) in [6, 6.07) is 13.0. The number of furan rings is 1. The first kappa shape index (κ1) is 25.9. The number of thiazole rings is 1. The molecule has 0 bridgehead atoms. The smallest absolute Gasteiger partial charge is 0.253 e. The molecule has 0 aliphatic carbocycles. The van der Waals surface area contributed by atoms with Crippen molar-refractivity contribution in [3.8, 4) is 33.5 Å². The average molecular weight is 542 g/mol. The number of nitrogens with one attached hydrogen (secondary N) is 2. The van der Waals surface area contributed by atoms with Crippen LogP contribution in [0.2, 0.25) is 0 Å². The quantitative estimate of drug-likeness (QED) is 0.212. The standard InChI is InChI=1S/C29H27N5O4S/c1-17(30)5-10-27-31-14-23(33-27)26-13-22-24(11-21(36-4)12-25(22)38-26)37-15-20-16-39-28(32-20)18-6-8-19(9-7-18)29(35)34(2)3/h5-14,16,30H,15H2,1-4H3,(H,31,33)/b10-5-,30-17?. The molecule has 2 aromatic carbocycles. The van der Waals surface area contributed by atoms with Gasteiger partial charge in [-0.25, -0.2) is 9.97 Å². The number of rotatable bonds is 9. The van der Waals surface area contributed by atoms with Gasteiger partial charge < -0.3 is 29.2 Å². The number of hydrogen-bond donors (Lipinski definition) is 2. The van der Waals surface area contributed by atoms with Crippen LogP contribution in [0.15, 0.2) is 64.5 Å². The number of aromatic nitrogens is 3. The number of amides is 1. The minimum atomic E-state index is -0.0375. The van der Waals surface area contributed by atoms with Gasteiger partial charge in [-0.05, 0) is 37.3 Å². The maximum atomic E-state index is 12.2. The first-order valence-electron chi connectivity index (χ1n) is 12.1. The van der Waals surface area contributed by atoms with E-state index in [2.05, 4.69) is 9.97 Å². The molecule has 0 atom stereocenters. The molecular weight excluding hydrogens is 514 g/mol. The summed E-state index contributed by atoms with van der Waals surface area (Å²) in [5, 5.41) is 11.1. The van der Waals surface area contributed by atoms with E-state index < -0.39 is 0 Å². The Balaban J connectivity index is 1.35. The van der Waals surface area contributed by atoms with E-state index in [1.165, 1.54) is 11.3 Å². The molecule has 0 fully saturated rings. The minimum Gasteiger partial charge on any atom is -0.496 e. The molecule has 3 aromatic heterocycles. The lowest BCUT2D eigenvalue weighted by molar-refractivity contribution is 0.0827. The summed E-state index contributed by atoms with van der Waals surface area (Å²) in [6.07, 6.45) is 5.10.